The fourth-order valence-corrected chi connectivity index (χ4v) is 3.30. The number of rotatable bonds is 4. The molecule has 0 bridgehead atoms. The second-order valence-electron chi connectivity index (χ2n) is 6.22. The maximum atomic E-state index is 12.3. The summed E-state index contributed by atoms with van der Waals surface area (Å²) in [6.07, 6.45) is 4.06. The predicted octanol–water partition coefficient (Wildman–Crippen LogP) is 0.842. The fourth-order valence-electron chi connectivity index (χ4n) is 3.30. The van der Waals surface area contributed by atoms with Crippen LogP contribution in [0.4, 0.5) is 0 Å². The third-order valence-corrected chi connectivity index (χ3v) is 4.38. The first-order valence-electron chi connectivity index (χ1n) is 7.30. The van der Waals surface area contributed by atoms with Crippen LogP contribution in [0, 0.1) is 23.7 Å². The maximum Gasteiger partial charge on any atom is 0.233 e. The molecule has 4 nitrogen and oxygen atoms in total. The Morgan fingerprint density at radius 2 is 2.05 bits per heavy atom. The topological polar surface area (TPSA) is 65.0 Å². The average molecular weight is 265 g/mol. The number of nitrogens with zero attached hydrogens (tertiary/aromatic N) is 1. The van der Waals surface area contributed by atoms with Gasteiger partial charge in [0.15, 0.2) is 0 Å². The minimum Gasteiger partial charge on any atom is -0.356 e. The molecule has 1 saturated heterocycles. The molecule has 2 aliphatic rings. The number of carbonyl (C=O) groups excluding carboxylic acids is 2. The molecule has 106 valence electrons. The van der Waals surface area contributed by atoms with E-state index in [9.17, 15) is 9.59 Å². The van der Waals surface area contributed by atoms with E-state index in [-0.39, 0.29) is 29.6 Å². The summed E-state index contributed by atoms with van der Waals surface area (Å²) in [6.45, 7) is 7.53. The molecule has 3 N–H and O–H groups in total. The number of hydrogen-bond acceptors (Lipinski definition) is 2. The first kappa shape index (κ1) is 14.3. The lowest BCUT2D eigenvalue weighted by Gasteiger charge is -2.17. The normalized spacial score (nSPS) is 32.8. The van der Waals surface area contributed by atoms with E-state index in [2.05, 4.69) is 32.6 Å². The summed E-state index contributed by atoms with van der Waals surface area (Å²) < 4.78 is 0. The summed E-state index contributed by atoms with van der Waals surface area (Å²) in [5, 5.41) is 0. The molecule has 0 radical (unpaired) electrons. The Labute approximate surface area is 115 Å². The van der Waals surface area contributed by atoms with Gasteiger partial charge in [-0.25, -0.2) is 0 Å². The molecule has 2 rings (SSSR count). The molecule has 1 aliphatic heterocycles. The number of hydrogen-bond donors (Lipinski definition) is 1. The highest BCUT2D eigenvalue weighted by molar-refractivity contribution is 6.06. The Hall–Kier alpha value is -1.16. The highest BCUT2D eigenvalue weighted by atomic mass is 16.2. The predicted molar refractivity (Wildman–Crippen MR) is 72.8 cm³/mol. The van der Waals surface area contributed by atoms with Gasteiger partial charge in [-0.2, -0.15) is 0 Å². The molecular formula is C15H25N2O2+. The van der Waals surface area contributed by atoms with Crippen molar-refractivity contribution in [2.24, 2.45) is 23.7 Å². The summed E-state index contributed by atoms with van der Waals surface area (Å²) >= 11 is 0. The van der Waals surface area contributed by atoms with Crippen LogP contribution in [-0.4, -0.2) is 29.8 Å². The Morgan fingerprint density at radius 1 is 1.37 bits per heavy atom. The molecule has 2 fully saturated rings. The van der Waals surface area contributed by atoms with Gasteiger partial charge in [0.25, 0.3) is 0 Å². The van der Waals surface area contributed by atoms with Gasteiger partial charge >= 0.3 is 0 Å². The molecule has 3 unspecified atom stereocenters. The van der Waals surface area contributed by atoms with Crippen LogP contribution < -0.4 is 5.73 Å². The summed E-state index contributed by atoms with van der Waals surface area (Å²) in [5.41, 5.74) is 5.04. The smallest absolute Gasteiger partial charge is 0.233 e. The van der Waals surface area contributed by atoms with Crippen LogP contribution in [0.15, 0.2) is 11.6 Å². The number of carbonyl (C=O) groups is 2. The number of likely N-dealkylation sites (tertiary alicyclic amines) is 1. The van der Waals surface area contributed by atoms with Crippen LogP contribution in [0.25, 0.3) is 0 Å². The van der Waals surface area contributed by atoms with Gasteiger partial charge in [0.05, 0.1) is 24.9 Å². The van der Waals surface area contributed by atoms with E-state index >= 15 is 0 Å². The highest BCUT2D eigenvalue weighted by Crippen LogP contribution is 2.46. The Morgan fingerprint density at radius 3 is 2.58 bits per heavy atom. The van der Waals surface area contributed by atoms with Gasteiger partial charge in [0, 0.05) is 0 Å². The van der Waals surface area contributed by atoms with Crippen molar-refractivity contribution in [3.63, 3.8) is 0 Å². The molecule has 1 aliphatic carbocycles. The third kappa shape index (κ3) is 2.46. The van der Waals surface area contributed by atoms with Crippen molar-refractivity contribution >= 4 is 11.8 Å². The Balaban J connectivity index is 2.15. The van der Waals surface area contributed by atoms with E-state index in [1.54, 1.807) is 0 Å². The molecule has 1 saturated carbocycles. The molecule has 0 aromatic heterocycles. The second-order valence-corrected chi connectivity index (χ2v) is 6.22. The Bertz CT molecular complexity index is 414. The summed E-state index contributed by atoms with van der Waals surface area (Å²) in [4.78, 5) is 26.0. The lowest BCUT2D eigenvalue weighted by molar-refractivity contribution is -0.367. The molecule has 0 aromatic carbocycles. The number of imide groups is 1. The van der Waals surface area contributed by atoms with Crippen molar-refractivity contribution in [1.82, 2.24) is 4.90 Å². The number of quaternary nitrogens is 1. The SMILES string of the molecule is CC(C)CC=C1CC2C(=O)N(CC[NH3+])C(=O)C2C1C. The van der Waals surface area contributed by atoms with Crippen molar-refractivity contribution in [1.29, 1.82) is 0 Å². The van der Waals surface area contributed by atoms with Crippen molar-refractivity contribution in [2.45, 2.75) is 33.6 Å². The van der Waals surface area contributed by atoms with Crippen LogP contribution in [0.2, 0.25) is 0 Å². The van der Waals surface area contributed by atoms with Gasteiger partial charge in [0.2, 0.25) is 11.8 Å². The first-order chi connectivity index (χ1) is 8.97. The molecule has 1 heterocycles. The third-order valence-electron chi connectivity index (χ3n) is 4.38. The van der Waals surface area contributed by atoms with Crippen LogP contribution in [0.3, 0.4) is 0 Å². The zero-order valence-corrected chi connectivity index (χ0v) is 12.2. The zero-order valence-electron chi connectivity index (χ0n) is 12.2. The van der Waals surface area contributed by atoms with Crippen molar-refractivity contribution in [2.75, 3.05) is 13.1 Å². The van der Waals surface area contributed by atoms with E-state index in [4.69, 9.17) is 0 Å². The van der Waals surface area contributed by atoms with Gasteiger partial charge in [0.1, 0.15) is 0 Å². The molecule has 0 spiro atoms. The average Bonchev–Trinajstić information content (AvgIpc) is 2.79. The maximum absolute atomic E-state index is 12.3. The van der Waals surface area contributed by atoms with E-state index in [0.29, 0.717) is 19.0 Å². The Kier molecular flexibility index (Phi) is 4.09. The zero-order chi connectivity index (χ0) is 14.2. The van der Waals surface area contributed by atoms with Gasteiger partial charge in [-0.1, -0.05) is 32.4 Å². The monoisotopic (exact) mass is 265 g/mol. The van der Waals surface area contributed by atoms with Gasteiger partial charge in [-0.15, -0.1) is 0 Å². The standard InChI is InChI=1S/C15H24N2O2/c1-9(2)4-5-11-8-12-13(10(11)3)15(19)17(7-6-16)14(12)18/h5,9-10,12-13H,4,6-8,16H2,1-3H3/p+1. The van der Waals surface area contributed by atoms with E-state index in [1.807, 2.05) is 0 Å². The van der Waals surface area contributed by atoms with E-state index in [1.165, 1.54) is 10.5 Å². The minimum atomic E-state index is -0.113. The summed E-state index contributed by atoms with van der Waals surface area (Å²) in [5.74, 6) is 0.673. The largest absolute Gasteiger partial charge is 0.356 e. The lowest BCUT2D eigenvalue weighted by Crippen LogP contribution is -2.56. The molecule has 2 amide bonds. The number of allylic oxidation sites excluding steroid dienone is 2. The minimum absolute atomic E-state index is 0.0263. The van der Waals surface area contributed by atoms with Crippen LogP contribution in [-0.2, 0) is 9.59 Å². The van der Waals surface area contributed by atoms with Gasteiger partial charge in [-0.3, -0.25) is 14.5 Å². The first-order valence-corrected chi connectivity index (χ1v) is 7.30. The summed E-state index contributed by atoms with van der Waals surface area (Å²) in [7, 11) is 0. The molecular weight excluding hydrogens is 240 g/mol. The number of fused-ring (bicyclic) bond motifs is 1. The van der Waals surface area contributed by atoms with Crippen molar-refractivity contribution < 1.29 is 15.3 Å². The van der Waals surface area contributed by atoms with Gasteiger partial charge < -0.3 is 5.73 Å². The second kappa shape index (κ2) is 5.45. The molecule has 3 atom stereocenters. The van der Waals surface area contributed by atoms with Gasteiger partial charge in [-0.05, 0) is 24.7 Å². The van der Waals surface area contributed by atoms with E-state index in [0.717, 1.165) is 12.8 Å². The summed E-state index contributed by atoms with van der Waals surface area (Å²) in [6, 6.07) is 0. The highest BCUT2D eigenvalue weighted by Gasteiger charge is 2.54. The fraction of sp³-hybridized carbons (Fsp3) is 0.733. The van der Waals surface area contributed by atoms with E-state index < -0.39 is 0 Å². The van der Waals surface area contributed by atoms with Crippen molar-refractivity contribution in [3.05, 3.63) is 11.6 Å². The molecule has 0 aromatic rings. The van der Waals surface area contributed by atoms with Crippen LogP contribution in [0.1, 0.15) is 33.6 Å². The molecule has 4 heteroatoms. The van der Waals surface area contributed by atoms with Crippen LogP contribution in [0.5, 0.6) is 0 Å². The number of amides is 2. The lowest BCUT2D eigenvalue weighted by atomic mass is 9.91. The quantitative estimate of drug-likeness (QED) is 0.605. The van der Waals surface area contributed by atoms with Crippen LogP contribution >= 0.6 is 0 Å². The molecule has 19 heavy (non-hydrogen) atoms. The van der Waals surface area contributed by atoms with Crippen molar-refractivity contribution in [3.8, 4) is 0 Å².